The van der Waals surface area contributed by atoms with Crippen LogP contribution in [0.4, 0.5) is 0 Å². The molecule has 88 valence electrons. The molecule has 2 unspecified atom stereocenters. The van der Waals surface area contributed by atoms with Gasteiger partial charge in [0.2, 0.25) is 5.91 Å². The van der Waals surface area contributed by atoms with Gasteiger partial charge in [0.05, 0.1) is 6.10 Å². The van der Waals surface area contributed by atoms with Crippen LogP contribution < -0.4 is 0 Å². The van der Waals surface area contributed by atoms with Crippen LogP contribution in [0.15, 0.2) is 0 Å². The largest absolute Gasteiger partial charge is 0.369 e. The molecule has 0 aliphatic carbocycles. The molecule has 0 spiro atoms. The highest BCUT2D eigenvalue weighted by atomic mass is 32.2. The number of likely N-dealkylation sites (tertiary alicyclic amines) is 1. The predicted molar refractivity (Wildman–Crippen MR) is 64.2 cm³/mol. The second kappa shape index (κ2) is 6.38. The third kappa shape index (κ3) is 4.03. The van der Waals surface area contributed by atoms with Crippen molar-refractivity contribution in [3.05, 3.63) is 0 Å². The highest BCUT2D eigenvalue weighted by Crippen LogP contribution is 2.20. The summed E-state index contributed by atoms with van der Waals surface area (Å²) in [4.78, 5) is 13.6. The monoisotopic (exact) mass is 231 g/mol. The highest BCUT2D eigenvalue weighted by molar-refractivity contribution is 7.99. The van der Waals surface area contributed by atoms with Crippen LogP contribution in [0.3, 0.4) is 0 Å². The lowest BCUT2D eigenvalue weighted by atomic mass is 10.3. The molecule has 0 aromatic heterocycles. The van der Waals surface area contributed by atoms with E-state index in [1.807, 2.05) is 23.6 Å². The lowest BCUT2D eigenvalue weighted by Gasteiger charge is -2.17. The number of ether oxygens (including phenoxy) is 1. The molecule has 1 saturated heterocycles. The summed E-state index contributed by atoms with van der Waals surface area (Å²) in [6.45, 7) is 6.10. The Labute approximate surface area is 96.5 Å². The SMILES string of the molecule is CCC(C)OCC(=O)N1CCC(SC)C1. The number of carbonyl (C=O) groups is 1. The van der Waals surface area contributed by atoms with E-state index in [0.29, 0.717) is 5.25 Å². The second-order valence-electron chi connectivity index (χ2n) is 4.02. The van der Waals surface area contributed by atoms with E-state index >= 15 is 0 Å². The molecule has 0 aromatic carbocycles. The van der Waals surface area contributed by atoms with Crippen molar-refractivity contribution in [2.75, 3.05) is 26.0 Å². The van der Waals surface area contributed by atoms with Gasteiger partial charge in [-0.15, -0.1) is 0 Å². The van der Waals surface area contributed by atoms with Crippen molar-refractivity contribution in [2.45, 2.75) is 38.0 Å². The summed E-state index contributed by atoms with van der Waals surface area (Å²) in [6.07, 6.45) is 4.37. The topological polar surface area (TPSA) is 29.5 Å². The first-order chi connectivity index (χ1) is 7.17. The molecule has 1 amide bonds. The second-order valence-corrected chi connectivity index (χ2v) is 5.15. The van der Waals surface area contributed by atoms with Crippen LogP contribution in [0.1, 0.15) is 26.7 Å². The lowest BCUT2D eigenvalue weighted by Crippen LogP contribution is -2.33. The fraction of sp³-hybridized carbons (Fsp3) is 0.909. The van der Waals surface area contributed by atoms with Crippen molar-refractivity contribution in [2.24, 2.45) is 0 Å². The zero-order valence-corrected chi connectivity index (χ0v) is 10.7. The molecule has 1 aliphatic rings. The Morgan fingerprint density at radius 3 is 2.93 bits per heavy atom. The normalized spacial score (nSPS) is 23.1. The average Bonchev–Trinajstić information content (AvgIpc) is 2.73. The van der Waals surface area contributed by atoms with Crippen LogP contribution in [0.2, 0.25) is 0 Å². The number of hydrogen-bond donors (Lipinski definition) is 0. The van der Waals surface area contributed by atoms with E-state index in [9.17, 15) is 4.79 Å². The fourth-order valence-electron chi connectivity index (χ4n) is 1.57. The van der Waals surface area contributed by atoms with Gasteiger partial charge in [0.1, 0.15) is 6.61 Å². The van der Waals surface area contributed by atoms with E-state index in [1.165, 1.54) is 0 Å². The van der Waals surface area contributed by atoms with Crippen molar-refractivity contribution in [1.29, 1.82) is 0 Å². The quantitative estimate of drug-likeness (QED) is 0.722. The standard InChI is InChI=1S/C11H21NO2S/c1-4-9(2)14-8-11(13)12-6-5-10(7-12)15-3/h9-10H,4-8H2,1-3H3. The van der Waals surface area contributed by atoms with E-state index in [2.05, 4.69) is 13.2 Å². The van der Waals surface area contributed by atoms with Gasteiger partial charge in [-0.3, -0.25) is 4.79 Å². The molecular formula is C11H21NO2S. The van der Waals surface area contributed by atoms with E-state index in [4.69, 9.17) is 4.74 Å². The maximum atomic E-state index is 11.7. The molecule has 1 aliphatic heterocycles. The van der Waals surface area contributed by atoms with Crippen LogP contribution in [0.25, 0.3) is 0 Å². The van der Waals surface area contributed by atoms with Crippen molar-refractivity contribution >= 4 is 17.7 Å². The van der Waals surface area contributed by atoms with Gasteiger partial charge in [-0.05, 0) is 26.0 Å². The van der Waals surface area contributed by atoms with Crippen LogP contribution in [-0.4, -0.2) is 48.1 Å². The summed E-state index contributed by atoms with van der Waals surface area (Å²) in [6, 6.07) is 0. The van der Waals surface area contributed by atoms with Crippen LogP contribution in [0, 0.1) is 0 Å². The predicted octanol–water partition coefficient (Wildman–Crippen LogP) is 1.77. The summed E-state index contributed by atoms with van der Waals surface area (Å²) in [5.74, 6) is 0.145. The zero-order chi connectivity index (χ0) is 11.3. The van der Waals surface area contributed by atoms with Crippen molar-refractivity contribution in [3.8, 4) is 0 Å². The lowest BCUT2D eigenvalue weighted by molar-refractivity contribution is -0.136. The van der Waals surface area contributed by atoms with E-state index in [0.717, 1.165) is 25.9 Å². The van der Waals surface area contributed by atoms with Crippen LogP contribution >= 0.6 is 11.8 Å². The smallest absolute Gasteiger partial charge is 0.248 e. The Morgan fingerprint density at radius 2 is 2.40 bits per heavy atom. The summed E-state index contributed by atoms with van der Waals surface area (Å²) < 4.78 is 5.44. The Hall–Kier alpha value is -0.220. The van der Waals surface area contributed by atoms with Crippen molar-refractivity contribution in [3.63, 3.8) is 0 Å². The van der Waals surface area contributed by atoms with Crippen molar-refractivity contribution < 1.29 is 9.53 Å². The minimum atomic E-state index is 0.145. The average molecular weight is 231 g/mol. The first kappa shape index (κ1) is 12.8. The molecule has 0 N–H and O–H groups in total. The van der Waals surface area contributed by atoms with Gasteiger partial charge in [-0.25, -0.2) is 0 Å². The molecular weight excluding hydrogens is 210 g/mol. The van der Waals surface area contributed by atoms with E-state index in [-0.39, 0.29) is 18.6 Å². The van der Waals surface area contributed by atoms with Gasteiger partial charge in [-0.1, -0.05) is 6.92 Å². The van der Waals surface area contributed by atoms with Gasteiger partial charge in [0, 0.05) is 18.3 Å². The third-order valence-corrected chi connectivity index (χ3v) is 3.95. The first-order valence-electron chi connectivity index (χ1n) is 5.59. The Morgan fingerprint density at radius 1 is 1.67 bits per heavy atom. The molecule has 4 heteroatoms. The molecule has 0 saturated carbocycles. The highest BCUT2D eigenvalue weighted by Gasteiger charge is 2.25. The molecule has 0 radical (unpaired) electrons. The number of amides is 1. The van der Waals surface area contributed by atoms with Crippen LogP contribution in [-0.2, 0) is 9.53 Å². The fourth-order valence-corrected chi connectivity index (χ4v) is 2.24. The summed E-state index contributed by atoms with van der Waals surface area (Å²) in [7, 11) is 0. The molecule has 0 aromatic rings. The molecule has 1 fully saturated rings. The van der Waals surface area contributed by atoms with Gasteiger partial charge >= 0.3 is 0 Å². The van der Waals surface area contributed by atoms with Crippen LogP contribution in [0.5, 0.6) is 0 Å². The molecule has 2 atom stereocenters. The van der Waals surface area contributed by atoms with E-state index < -0.39 is 0 Å². The Kier molecular flexibility index (Phi) is 5.47. The molecule has 15 heavy (non-hydrogen) atoms. The van der Waals surface area contributed by atoms with Gasteiger partial charge < -0.3 is 9.64 Å². The maximum Gasteiger partial charge on any atom is 0.248 e. The van der Waals surface area contributed by atoms with Crippen molar-refractivity contribution in [1.82, 2.24) is 4.90 Å². The summed E-state index contributed by atoms with van der Waals surface area (Å²) in [5.41, 5.74) is 0. The van der Waals surface area contributed by atoms with Gasteiger partial charge in [-0.2, -0.15) is 11.8 Å². The molecule has 1 rings (SSSR count). The summed E-state index contributed by atoms with van der Waals surface area (Å²) in [5, 5.41) is 0.623. The number of carbonyl (C=O) groups excluding carboxylic acids is 1. The minimum Gasteiger partial charge on any atom is -0.369 e. The Balaban J connectivity index is 2.23. The maximum absolute atomic E-state index is 11.7. The summed E-state index contributed by atoms with van der Waals surface area (Å²) >= 11 is 1.85. The first-order valence-corrected chi connectivity index (χ1v) is 6.88. The third-order valence-electron chi connectivity index (χ3n) is 2.90. The number of hydrogen-bond acceptors (Lipinski definition) is 3. The Bertz CT molecular complexity index is 211. The number of rotatable bonds is 5. The molecule has 0 bridgehead atoms. The van der Waals surface area contributed by atoms with Gasteiger partial charge in [0.15, 0.2) is 0 Å². The van der Waals surface area contributed by atoms with Gasteiger partial charge in [0.25, 0.3) is 0 Å². The van der Waals surface area contributed by atoms with E-state index in [1.54, 1.807) is 0 Å². The zero-order valence-electron chi connectivity index (χ0n) is 9.86. The number of thioether (sulfide) groups is 1. The molecule has 1 heterocycles. The minimum absolute atomic E-state index is 0.145. The molecule has 3 nitrogen and oxygen atoms in total. The number of nitrogens with zero attached hydrogens (tertiary/aromatic N) is 1.